The Kier molecular flexibility index (Phi) is 5.90. The number of benzene rings is 1. The summed E-state index contributed by atoms with van der Waals surface area (Å²) in [6, 6.07) is 4.65. The summed E-state index contributed by atoms with van der Waals surface area (Å²) >= 11 is 0. The zero-order chi connectivity index (χ0) is 16.0. The van der Waals surface area contributed by atoms with Crippen molar-refractivity contribution in [1.29, 1.82) is 0 Å². The average molecular weight is 302 g/mol. The van der Waals surface area contributed by atoms with Gasteiger partial charge in [0.25, 0.3) is 0 Å². The van der Waals surface area contributed by atoms with E-state index in [0.29, 0.717) is 13.0 Å². The number of rotatable bonds is 7. The minimum Gasteiger partial charge on any atom is -0.493 e. The molecule has 0 aliphatic heterocycles. The number of carbonyl (C=O) groups is 1. The van der Waals surface area contributed by atoms with Crippen LogP contribution in [0.5, 0.6) is 11.5 Å². The summed E-state index contributed by atoms with van der Waals surface area (Å²) in [5, 5.41) is 2.70. The molecule has 21 heavy (non-hydrogen) atoms. The molecule has 0 unspecified atom stereocenters. The molecule has 1 aromatic rings. The number of hydrogen-bond acceptors (Lipinski definition) is 4. The van der Waals surface area contributed by atoms with E-state index < -0.39 is 12.2 Å². The van der Waals surface area contributed by atoms with Gasteiger partial charge in [-0.05, 0) is 38.0 Å². The predicted molar refractivity (Wildman–Crippen MR) is 74.6 cm³/mol. The van der Waals surface area contributed by atoms with Crippen molar-refractivity contribution in [2.24, 2.45) is 5.73 Å². The number of ether oxygens (including phenoxy) is 2. The van der Waals surface area contributed by atoms with Crippen LogP contribution in [0.4, 0.5) is 8.78 Å². The molecule has 7 heteroatoms. The van der Waals surface area contributed by atoms with E-state index in [9.17, 15) is 13.6 Å². The summed E-state index contributed by atoms with van der Waals surface area (Å²) in [7, 11) is 1.37. The van der Waals surface area contributed by atoms with E-state index in [1.54, 1.807) is 26.0 Å². The number of nitrogens with two attached hydrogens (primary N) is 1. The standard InChI is InChI=1S/C14H20F2N2O3/c1-14(2,17)12(19)18-7-6-9-4-5-10(21-13(15)16)11(8-9)20-3/h4-5,8,13H,6-7,17H2,1-3H3,(H,18,19). The second-order valence-corrected chi connectivity index (χ2v) is 5.09. The van der Waals surface area contributed by atoms with E-state index in [4.69, 9.17) is 10.5 Å². The Morgan fingerprint density at radius 2 is 2.05 bits per heavy atom. The van der Waals surface area contributed by atoms with Gasteiger partial charge in [0.2, 0.25) is 5.91 Å². The van der Waals surface area contributed by atoms with Crippen LogP contribution in [0.15, 0.2) is 18.2 Å². The first-order chi connectivity index (χ1) is 9.74. The molecule has 1 rings (SSSR count). The fourth-order valence-electron chi connectivity index (χ4n) is 1.61. The summed E-state index contributed by atoms with van der Waals surface area (Å²) in [5.74, 6) is -0.0613. The molecule has 1 amide bonds. The van der Waals surface area contributed by atoms with Crippen LogP contribution in [0.3, 0.4) is 0 Å². The van der Waals surface area contributed by atoms with E-state index in [-0.39, 0.29) is 17.4 Å². The molecule has 0 spiro atoms. The molecule has 0 bridgehead atoms. The van der Waals surface area contributed by atoms with E-state index >= 15 is 0 Å². The maximum Gasteiger partial charge on any atom is 0.387 e. The Bertz CT molecular complexity index is 488. The van der Waals surface area contributed by atoms with Gasteiger partial charge in [-0.25, -0.2) is 0 Å². The van der Waals surface area contributed by atoms with Gasteiger partial charge in [0.1, 0.15) is 0 Å². The molecule has 1 aromatic carbocycles. The van der Waals surface area contributed by atoms with E-state index in [1.165, 1.54) is 13.2 Å². The first-order valence-electron chi connectivity index (χ1n) is 6.43. The smallest absolute Gasteiger partial charge is 0.387 e. The van der Waals surface area contributed by atoms with Crippen molar-refractivity contribution >= 4 is 5.91 Å². The molecule has 3 N–H and O–H groups in total. The van der Waals surface area contributed by atoms with Gasteiger partial charge >= 0.3 is 6.61 Å². The summed E-state index contributed by atoms with van der Waals surface area (Å²) in [4.78, 5) is 11.6. The zero-order valence-electron chi connectivity index (χ0n) is 12.3. The number of hydrogen-bond donors (Lipinski definition) is 2. The van der Waals surface area contributed by atoms with Crippen molar-refractivity contribution in [2.75, 3.05) is 13.7 Å². The fraction of sp³-hybridized carbons (Fsp3) is 0.500. The Morgan fingerprint density at radius 3 is 2.57 bits per heavy atom. The van der Waals surface area contributed by atoms with Gasteiger partial charge in [0.15, 0.2) is 11.5 Å². The molecule has 0 saturated heterocycles. The van der Waals surface area contributed by atoms with Gasteiger partial charge in [0, 0.05) is 6.54 Å². The lowest BCUT2D eigenvalue weighted by atomic mass is 10.1. The molecule has 0 aliphatic carbocycles. The first-order valence-corrected chi connectivity index (χ1v) is 6.43. The molecule has 0 fully saturated rings. The SMILES string of the molecule is COc1cc(CCNC(=O)C(C)(C)N)ccc1OC(F)F. The van der Waals surface area contributed by atoms with Crippen LogP contribution >= 0.6 is 0 Å². The van der Waals surface area contributed by atoms with Crippen LogP contribution in [-0.4, -0.2) is 31.7 Å². The van der Waals surface area contributed by atoms with Crippen LogP contribution < -0.4 is 20.5 Å². The number of alkyl halides is 2. The lowest BCUT2D eigenvalue weighted by molar-refractivity contribution is -0.125. The van der Waals surface area contributed by atoms with Gasteiger partial charge < -0.3 is 20.5 Å². The van der Waals surface area contributed by atoms with Gasteiger partial charge in [-0.1, -0.05) is 6.07 Å². The molecular weight excluding hydrogens is 282 g/mol. The summed E-state index contributed by atoms with van der Waals surface area (Å²) in [6.07, 6.45) is 0.521. The van der Waals surface area contributed by atoms with Crippen molar-refractivity contribution in [1.82, 2.24) is 5.32 Å². The van der Waals surface area contributed by atoms with Gasteiger partial charge in [-0.3, -0.25) is 4.79 Å². The molecule has 0 aromatic heterocycles. The normalized spacial score (nSPS) is 11.4. The quantitative estimate of drug-likeness (QED) is 0.804. The van der Waals surface area contributed by atoms with Gasteiger partial charge in [-0.2, -0.15) is 8.78 Å². The van der Waals surface area contributed by atoms with Crippen molar-refractivity contribution in [3.05, 3.63) is 23.8 Å². The minimum atomic E-state index is -2.91. The third kappa shape index (κ3) is 5.55. The van der Waals surface area contributed by atoms with Crippen LogP contribution in [-0.2, 0) is 11.2 Å². The topological polar surface area (TPSA) is 73.6 Å². The zero-order valence-corrected chi connectivity index (χ0v) is 12.3. The Hall–Kier alpha value is -1.89. The average Bonchev–Trinajstić information content (AvgIpc) is 2.38. The summed E-state index contributed by atoms with van der Waals surface area (Å²) in [5.41, 5.74) is 5.54. The monoisotopic (exact) mass is 302 g/mol. The van der Waals surface area contributed by atoms with Crippen LogP contribution in [0.25, 0.3) is 0 Å². The number of halogens is 2. The fourth-order valence-corrected chi connectivity index (χ4v) is 1.61. The lowest BCUT2D eigenvalue weighted by Crippen LogP contribution is -2.49. The minimum absolute atomic E-state index is 0.0247. The number of carbonyl (C=O) groups excluding carboxylic acids is 1. The number of nitrogens with one attached hydrogen (secondary N) is 1. The van der Waals surface area contributed by atoms with Crippen LogP contribution in [0, 0.1) is 0 Å². The molecular formula is C14H20F2N2O3. The van der Waals surface area contributed by atoms with Crippen LogP contribution in [0.2, 0.25) is 0 Å². The third-order valence-corrected chi connectivity index (χ3v) is 2.73. The highest BCUT2D eigenvalue weighted by Crippen LogP contribution is 2.29. The second kappa shape index (κ2) is 7.21. The Balaban J connectivity index is 2.63. The molecule has 0 aliphatic rings. The maximum atomic E-state index is 12.2. The van der Waals surface area contributed by atoms with E-state index in [1.807, 2.05) is 0 Å². The van der Waals surface area contributed by atoms with Crippen molar-refractivity contribution in [3.63, 3.8) is 0 Å². The van der Waals surface area contributed by atoms with E-state index in [2.05, 4.69) is 10.1 Å². The highest BCUT2D eigenvalue weighted by atomic mass is 19.3. The lowest BCUT2D eigenvalue weighted by Gasteiger charge is -2.17. The number of methoxy groups -OCH3 is 1. The van der Waals surface area contributed by atoms with Crippen molar-refractivity contribution < 1.29 is 23.0 Å². The van der Waals surface area contributed by atoms with Gasteiger partial charge in [-0.15, -0.1) is 0 Å². The van der Waals surface area contributed by atoms with Crippen LogP contribution in [0.1, 0.15) is 19.4 Å². The molecule has 0 atom stereocenters. The molecule has 5 nitrogen and oxygen atoms in total. The maximum absolute atomic E-state index is 12.2. The molecule has 0 heterocycles. The summed E-state index contributed by atoms with van der Waals surface area (Å²) in [6.45, 7) is 0.706. The molecule has 118 valence electrons. The van der Waals surface area contributed by atoms with E-state index in [0.717, 1.165) is 5.56 Å². The predicted octanol–water partition coefficient (Wildman–Crippen LogP) is 1.69. The highest BCUT2D eigenvalue weighted by molar-refractivity contribution is 5.84. The van der Waals surface area contributed by atoms with Gasteiger partial charge in [0.05, 0.1) is 12.6 Å². The first kappa shape index (κ1) is 17.2. The second-order valence-electron chi connectivity index (χ2n) is 5.09. The highest BCUT2D eigenvalue weighted by Gasteiger charge is 2.20. The molecule has 0 radical (unpaired) electrons. The largest absolute Gasteiger partial charge is 0.493 e. The Morgan fingerprint density at radius 1 is 1.38 bits per heavy atom. The Labute approximate surface area is 122 Å². The third-order valence-electron chi connectivity index (χ3n) is 2.73. The number of amides is 1. The van der Waals surface area contributed by atoms with Crippen molar-refractivity contribution in [2.45, 2.75) is 32.4 Å². The summed E-state index contributed by atoms with van der Waals surface area (Å²) < 4.78 is 33.7. The van der Waals surface area contributed by atoms with Crippen molar-refractivity contribution in [3.8, 4) is 11.5 Å². The molecule has 0 saturated carbocycles.